The van der Waals surface area contributed by atoms with Crippen LogP contribution in [0.4, 0.5) is 5.69 Å². The molecule has 1 heterocycles. The molecule has 0 saturated heterocycles. The van der Waals surface area contributed by atoms with E-state index in [1.807, 2.05) is 25.1 Å². The summed E-state index contributed by atoms with van der Waals surface area (Å²) in [5.41, 5.74) is 2.64. The van der Waals surface area contributed by atoms with Gasteiger partial charge in [0.25, 0.3) is 0 Å². The number of nitrogens with one attached hydrogen (secondary N) is 1. The van der Waals surface area contributed by atoms with E-state index < -0.39 is 0 Å². The summed E-state index contributed by atoms with van der Waals surface area (Å²) in [5, 5.41) is 14.1. The van der Waals surface area contributed by atoms with Crippen LogP contribution < -0.4 is 5.32 Å². The molecule has 2 nitrogen and oxygen atoms in total. The number of nitrogens with zero attached hydrogens (tertiary/aromatic N) is 1. The first kappa shape index (κ1) is 13.7. The first-order valence-corrected chi connectivity index (χ1v) is 7.75. The van der Waals surface area contributed by atoms with E-state index in [1.54, 1.807) is 11.3 Å². The smallest absolute Gasteiger partial charge is 0.102 e. The second-order valence-corrected chi connectivity index (χ2v) is 6.28. The average Bonchev–Trinajstić information content (AvgIpc) is 2.91. The monoisotopic (exact) mass is 292 g/mol. The highest BCUT2D eigenvalue weighted by Gasteiger charge is 2.12. The summed E-state index contributed by atoms with van der Waals surface area (Å²) < 4.78 is 1.30. The van der Waals surface area contributed by atoms with Gasteiger partial charge in [-0.1, -0.05) is 30.3 Å². The predicted molar refractivity (Wildman–Crippen MR) is 89.8 cm³/mol. The van der Waals surface area contributed by atoms with Crippen molar-refractivity contribution >= 4 is 27.1 Å². The Kier molecular flexibility index (Phi) is 3.64. The van der Waals surface area contributed by atoms with E-state index >= 15 is 0 Å². The Labute approximate surface area is 128 Å². The molecule has 3 rings (SSSR count). The van der Waals surface area contributed by atoms with Gasteiger partial charge >= 0.3 is 0 Å². The average molecular weight is 292 g/mol. The maximum atomic E-state index is 9.31. The molecular weight excluding hydrogens is 276 g/mol. The number of rotatable bonds is 3. The molecule has 2 aromatic carbocycles. The molecule has 1 aromatic heterocycles. The Hall–Kier alpha value is -2.31. The van der Waals surface area contributed by atoms with Crippen molar-refractivity contribution in [3.05, 3.63) is 64.5 Å². The van der Waals surface area contributed by atoms with Gasteiger partial charge in [-0.05, 0) is 43.0 Å². The minimum atomic E-state index is 0.177. The molecule has 21 heavy (non-hydrogen) atoms. The van der Waals surface area contributed by atoms with Crippen LogP contribution >= 0.6 is 11.3 Å². The van der Waals surface area contributed by atoms with Gasteiger partial charge in [0.2, 0.25) is 0 Å². The van der Waals surface area contributed by atoms with Crippen molar-refractivity contribution in [2.75, 3.05) is 5.32 Å². The van der Waals surface area contributed by atoms with Crippen molar-refractivity contribution in [3.63, 3.8) is 0 Å². The van der Waals surface area contributed by atoms with Gasteiger partial charge in [-0.25, -0.2) is 0 Å². The van der Waals surface area contributed by atoms with Crippen LogP contribution in [0, 0.1) is 18.3 Å². The van der Waals surface area contributed by atoms with E-state index in [4.69, 9.17) is 0 Å². The van der Waals surface area contributed by atoms with Crippen LogP contribution in [-0.2, 0) is 0 Å². The molecule has 0 saturated carbocycles. The largest absolute Gasteiger partial charge is 0.377 e. The Bertz CT molecular complexity index is 794. The number of aryl methyl sites for hydroxylation is 1. The van der Waals surface area contributed by atoms with Crippen LogP contribution in [0.1, 0.15) is 29.0 Å². The minimum Gasteiger partial charge on any atom is -0.377 e. The number of fused-ring (bicyclic) bond motifs is 1. The maximum Gasteiger partial charge on any atom is 0.102 e. The quantitative estimate of drug-likeness (QED) is 0.715. The fraction of sp³-hybridized carbons (Fsp3) is 0.167. The molecular formula is C18H16N2S. The highest BCUT2D eigenvalue weighted by Crippen LogP contribution is 2.32. The van der Waals surface area contributed by atoms with E-state index in [1.165, 1.54) is 15.0 Å². The van der Waals surface area contributed by atoms with Gasteiger partial charge in [0.15, 0.2) is 0 Å². The summed E-state index contributed by atoms with van der Waals surface area (Å²) in [5.74, 6) is 0. The Morgan fingerprint density at radius 2 is 1.95 bits per heavy atom. The van der Waals surface area contributed by atoms with Gasteiger partial charge < -0.3 is 5.32 Å². The lowest BCUT2D eigenvalue weighted by molar-refractivity contribution is 0.907. The first-order chi connectivity index (χ1) is 10.2. The van der Waals surface area contributed by atoms with Gasteiger partial charge in [0.1, 0.15) is 6.07 Å². The molecule has 1 atom stereocenters. The zero-order chi connectivity index (χ0) is 14.8. The van der Waals surface area contributed by atoms with Crippen molar-refractivity contribution in [2.24, 2.45) is 0 Å². The molecule has 3 aromatic rings. The van der Waals surface area contributed by atoms with Gasteiger partial charge in [0.05, 0.1) is 17.3 Å². The summed E-state index contributed by atoms with van der Waals surface area (Å²) in [6.07, 6.45) is 0. The SMILES string of the molecule is Cc1cccc(NC(C)c2cc3ccccc3s2)c1C#N. The predicted octanol–water partition coefficient (Wildman–Crippen LogP) is 5.25. The van der Waals surface area contributed by atoms with Crippen LogP contribution in [0.2, 0.25) is 0 Å². The van der Waals surface area contributed by atoms with Crippen molar-refractivity contribution < 1.29 is 0 Å². The summed E-state index contributed by atoms with van der Waals surface area (Å²) in [4.78, 5) is 1.28. The molecule has 0 amide bonds. The topological polar surface area (TPSA) is 35.8 Å². The normalized spacial score (nSPS) is 12.0. The Morgan fingerprint density at radius 3 is 2.71 bits per heavy atom. The number of thiophene rings is 1. The molecule has 104 valence electrons. The lowest BCUT2D eigenvalue weighted by Gasteiger charge is -2.15. The van der Waals surface area contributed by atoms with Crippen LogP contribution in [0.3, 0.4) is 0 Å². The van der Waals surface area contributed by atoms with E-state index in [2.05, 4.69) is 48.6 Å². The molecule has 1 unspecified atom stereocenters. The number of benzene rings is 2. The van der Waals surface area contributed by atoms with Crippen LogP contribution in [0.25, 0.3) is 10.1 Å². The highest BCUT2D eigenvalue weighted by molar-refractivity contribution is 7.19. The first-order valence-electron chi connectivity index (χ1n) is 6.94. The van der Waals surface area contributed by atoms with Crippen LogP contribution in [0.15, 0.2) is 48.5 Å². The third kappa shape index (κ3) is 2.63. The third-order valence-corrected chi connectivity index (χ3v) is 4.93. The van der Waals surface area contributed by atoms with Gasteiger partial charge in [-0.15, -0.1) is 11.3 Å². The molecule has 0 aliphatic heterocycles. The third-order valence-electron chi connectivity index (χ3n) is 3.63. The number of hydrogen-bond donors (Lipinski definition) is 1. The Morgan fingerprint density at radius 1 is 1.14 bits per heavy atom. The van der Waals surface area contributed by atoms with E-state index in [0.29, 0.717) is 0 Å². The summed E-state index contributed by atoms with van der Waals surface area (Å²) in [6.45, 7) is 4.10. The molecule has 1 N–H and O–H groups in total. The van der Waals surface area contributed by atoms with Gasteiger partial charge in [-0.3, -0.25) is 0 Å². The zero-order valence-electron chi connectivity index (χ0n) is 12.1. The van der Waals surface area contributed by atoms with Crippen molar-refractivity contribution in [2.45, 2.75) is 19.9 Å². The summed E-state index contributed by atoms with van der Waals surface area (Å²) in [7, 11) is 0. The maximum absolute atomic E-state index is 9.31. The van der Waals surface area contributed by atoms with Crippen molar-refractivity contribution in [1.82, 2.24) is 0 Å². The molecule has 0 aliphatic carbocycles. The number of hydrogen-bond acceptors (Lipinski definition) is 3. The lowest BCUT2D eigenvalue weighted by atomic mass is 10.1. The fourth-order valence-electron chi connectivity index (χ4n) is 2.46. The molecule has 0 radical (unpaired) electrons. The molecule has 3 heteroatoms. The van der Waals surface area contributed by atoms with Crippen LogP contribution in [0.5, 0.6) is 0 Å². The fourth-order valence-corrected chi connectivity index (χ4v) is 3.52. The van der Waals surface area contributed by atoms with E-state index in [-0.39, 0.29) is 6.04 Å². The minimum absolute atomic E-state index is 0.177. The standard InChI is InChI=1S/C18H16N2S/c1-12-6-5-8-16(15(12)11-19)20-13(2)18-10-14-7-3-4-9-17(14)21-18/h3-10,13,20H,1-2H3. The summed E-state index contributed by atoms with van der Waals surface area (Å²) >= 11 is 1.80. The number of nitriles is 1. The van der Waals surface area contributed by atoms with E-state index in [0.717, 1.165) is 16.8 Å². The second-order valence-electron chi connectivity index (χ2n) is 5.16. The van der Waals surface area contributed by atoms with Gasteiger partial charge in [-0.2, -0.15) is 5.26 Å². The zero-order valence-corrected chi connectivity index (χ0v) is 12.9. The van der Waals surface area contributed by atoms with Crippen molar-refractivity contribution in [3.8, 4) is 6.07 Å². The lowest BCUT2D eigenvalue weighted by Crippen LogP contribution is -2.06. The van der Waals surface area contributed by atoms with Crippen molar-refractivity contribution in [1.29, 1.82) is 5.26 Å². The van der Waals surface area contributed by atoms with Crippen LogP contribution in [-0.4, -0.2) is 0 Å². The molecule has 0 aliphatic rings. The summed E-state index contributed by atoms with van der Waals surface area (Å²) in [6, 6.07) is 19.0. The number of anilines is 1. The highest BCUT2D eigenvalue weighted by atomic mass is 32.1. The molecule has 0 fully saturated rings. The second kappa shape index (κ2) is 5.59. The Balaban J connectivity index is 1.91. The molecule has 0 spiro atoms. The van der Waals surface area contributed by atoms with Gasteiger partial charge in [0, 0.05) is 9.58 Å². The molecule has 0 bridgehead atoms. The van der Waals surface area contributed by atoms with E-state index in [9.17, 15) is 5.26 Å².